The van der Waals surface area contributed by atoms with Crippen LogP contribution in [0.1, 0.15) is 11.1 Å². The Kier molecular flexibility index (Phi) is 8.19. The van der Waals surface area contributed by atoms with Crippen molar-refractivity contribution >= 4 is 5.69 Å². The number of ether oxygens (including phenoxy) is 1. The van der Waals surface area contributed by atoms with E-state index in [1.165, 1.54) is 4.90 Å². The lowest BCUT2D eigenvalue weighted by Gasteiger charge is -2.24. The Bertz CT molecular complexity index is 417. The number of hydrogen-bond donors (Lipinski definition) is 2. The molecule has 2 N–H and O–H groups in total. The van der Waals surface area contributed by atoms with Crippen LogP contribution in [-0.2, 0) is 11.3 Å². The Hall–Kier alpha value is -1.24. The van der Waals surface area contributed by atoms with Gasteiger partial charge in [-0.3, -0.25) is 0 Å². The largest absolute Gasteiger partial charge is 0.395 e. The van der Waals surface area contributed by atoms with Crippen molar-refractivity contribution in [1.29, 1.82) is 0 Å². The van der Waals surface area contributed by atoms with Crippen LogP contribution in [0.4, 0.5) is 14.5 Å². The number of benzene rings is 1. The van der Waals surface area contributed by atoms with E-state index in [0.29, 0.717) is 18.8 Å². The molecule has 6 heteroatoms. The number of alkyl halides is 2. The van der Waals surface area contributed by atoms with Gasteiger partial charge in [0.2, 0.25) is 0 Å². The third-order valence-corrected chi connectivity index (χ3v) is 3.22. The second-order valence-corrected chi connectivity index (χ2v) is 4.84. The molecule has 120 valence electrons. The smallest absolute Gasteiger partial charge is 0.255 e. The standard InChI is InChI=1S/C15H24F2N2O2/c1-12-9-14(19(6-7-20)11-15(16)17)4-3-13(12)10-18-5-8-21-2/h3-4,9,15,18,20H,5-8,10-11H2,1-2H3. The third kappa shape index (κ3) is 6.37. The minimum absolute atomic E-state index is 0.147. The fourth-order valence-corrected chi connectivity index (χ4v) is 2.09. The van der Waals surface area contributed by atoms with Crippen molar-refractivity contribution < 1.29 is 18.6 Å². The van der Waals surface area contributed by atoms with Crippen molar-refractivity contribution in [2.75, 3.05) is 44.9 Å². The van der Waals surface area contributed by atoms with Crippen LogP contribution < -0.4 is 10.2 Å². The molecular formula is C15H24F2N2O2. The summed E-state index contributed by atoms with van der Waals surface area (Å²) in [6, 6.07) is 5.63. The van der Waals surface area contributed by atoms with Gasteiger partial charge in [-0.1, -0.05) is 6.07 Å². The molecule has 0 spiro atoms. The quantitative estimate of drug-likeness (QED) is 0.647. The summed E-state index contributed by atoms with van der Waals surface area (Å²) in [5.74, 6) is 0. The van der Waals surface area contributed by atoms with E-state index in [9.17, 15) is 8.78 Å². The number of hydrogen-bond acceptors (Lipinski definition) is 4. The van der Waals surface area contributed by atoms with Crippen molar-refractivity contribution in [2.24, 2.45) is 0 Å². The highest BCUT2D eigenvalue weighted by atomic mass is 19.3. The van der Waals surface area contributed by atoms with Gasteiger partial charge in [-0.05, 0) is 30.2 Å². The first kappa shape index (κ1) is 17.8. The molecule has 1 aromatic carbocycles. The van der Waals surface area contributed by atoms with Crippen LogP contribution in [0.2, 0.25) is 0 Å². The van der Waals surface area contributed by atoms with E-state index >= 15 is 0 Å². The number of halogens is 2. The monoisotopic (exact) mass is 302 g/mol. The van der Waals surface area contributed by atoms with Crippen LogP contribution in [-0.4, -0.2) is 51.5 Å². The number of aliphatic hydroxyl groups excluding tert-OH is 1. The van der Waals surface area contributed by atoms with Gasteiger partial charge in [-0.15, -0.1) is 0 Å². The fraction of sp³-hybridized carbons (Fsp3) is 0.600. The number of methoxy groups -OCH3 is 1. The second kappa shape index (κ2) is 9.65. The number of aliphatic hydroxyl groups is 1. The molecule has 4 nitrogen and oxygen atoms in total. The van der Waals surface area contributed by atoms with Gasteiger partial charge in [0.1, 0.15) is 0 Å². The molecule has 0 fully saturated rings. The Morgan fingerprint density at radius 3 is 2.71 bits per heavy atom. The number of anilines is 1. The molecule has 0 radical (unpaired) electrons. The second-order valence-electron chi connectivity index (χ2n) is 4.84. The molecule has 21 heavy (non-hydrogen) atoms. The molecular weight excluding hydrogens is 278 g/mol. The van der Waals surface area contributed by atoms with Crippen LogP contribution in [0.25, 0.3) is 0 Å². The number of aryl methyl sites for hydroxylation is 1. The summed E-state index contributed by atoms with van der Waals surface area (Å²) in [5, 5.41) is 12.2. The van der Waals surface area contributed by atoms with Crippen LogP contribution >= 0.6 is 0 Å². The van der Waals surface area contributed by atoms with Crippen LogP contribution in [0, 0.1) is 6.92 Å². The molecule has 1 aromatic rings. The van der Waals surface area contributed by atoms with Crippen molar-refractivity contribution in [3.63, 3.8) is 0 Å². The molecule has 0 atom stereocenters. The SMILES string of the molecule is COCCNCc1ccc(N(CCO)CC(F)F)cc1C. The first-order chi connectivity index (χ1) is 10.1. The predicted molar refractivity (Wildman–Crippen MR) is 80.1 cm³/mol. The zero-order chi connectivity index (χ0) is 15.7. The van der Waals surface area contributed by atoms with Crippen LogP contribution in [0.15, 0.2) is 18.2 Å². The van der Waals surface area contributed by atoms with Gasteiger partial charge in [0.25, 0.3) is 6.43 Å². The summed E-state index contributed by atoms with van der Waals surface area (Å²) in [7, 11) is 1.65. The van der Waals surface area contributed by atoms with Gasteiger partial charge in [0.15, 0.2) is 0 Å². The van der Waals surface area contributed by atoms with Crippen molar-refractivity contribution in [2.45, 2.75) is 19.9 Å². The Balaban J connectivity index is 2.69. The lowest BCUT2D eigenvalue weighted by atomic mass is 10.1. The van der Waals surface area contributed by atoms with Gasteiger partial charge < -0.3 is 20.1 Å². The van der Waals surface area contributed by atoms with Gasteiger partial charge in [-0.25, -0.2) is 8.78 Å². The average Bonchev–Trinajstić information content (AvgIpc) is 2.44. The van der Waals surface area contributed by atoms with Crippen LogP contribution in [0.5, 0.6) is 0 Å². The summed E-state index contributed by atoms with van der Waals surface area (Å²) >= 11 is 0. The summed E-state index contributed by atoms with van der Waals surface area (Å²) < 4.78 is 30.1. The van der Waals surface area contributed by atoms with Gasteiger partial charge in [0.05, 0.1) is 19.8 Å². The van der Waals surface area contributed by atoms with Crippen molar-refractivity contribution in [3.05, 3.63) is 29.3 Å². The Labute approximate surface area is 124 Å². The molecule has 1 rings (SSSR count). The molecule has 0 saturated heterocycles. The molecule has 0 heterocycles. The highest BCUT2D eigenvalue weighted by Crippen LogP contribution is 2.20. The van der Waals surface area contributed by atoms with E-state index in [2.05, 4.69) is 5.32 Å². The van der Waals surface area contributed by atoms with Crippen molar-refractivity contribution in [3.8, 4) is 0 Å². The summed E-state index contributed by atoms with van der Waals surface area (Å²) in [5.41, 5.74) is 2.87. The Morgan fingerprint density at radius 1 is 1.38 bits per heavy atom. The lowest BCUT2D eigenvalue weighted by molar-refractivity contribution is 0.153. The first-order valence-corrected chi connectivity index (χ1v) is 7.01. The lowest BCUT2D eigenvalue weighted by Crippen LogP contribution is -2.31. The zero-order valence-corrected chi connectivity index (χ0v) is 12.6. The maximum absolute atomic E-state index is 12.6. The molecule has 0 aliphatic heterocycles. The number of nitrogens with one attached hydrogen (secondary N) is 1. The van der Waals surface area contributed by atoms with E-state index in [1.807, 2.05) is 25.1 Å². The normalized spacial score (nSPS) is 11.1. The maximum atomic E-state index is 12.6. The highest BCUT2D eigenvalue weighted by molar-refractivity contribution is 5.51. The fourth-order valence-electron chi connectivity index (χ4n) is 2.09. The third-order valence-electron chi connectivity index (χ3n) is 3.22. The highest BCUT2D eigenvalue weighted by Gasteiger charge is 2.13. The Morgan fingerprint density at radius 2 is 2.14 bits per heavy atom. The average molecular weight is 302 g/mol. The molecule has 0 aromatic heterocycles. The van der Waals surface area contributed by atoms with E-state index in [4.69, 9.17) is 9.84 Å². The van der Waals surface area contributed by atoms with E-state index in [0.717, 1.165) is 17.7 Å². The first-order valence-electron chi connectivity index (χ1n) is 7.01. The van der Waals surface area contributed by atoms with E-state index in [1.54, 1.807) is 7.11 Å². The number of rotatable bonds is 10. The predicted octanol–water partition coefficient (Wildman–Crippen LogP) is 1.79. The summed E-state index contributed by atoms with van der Waals surface area (Å²) in [6.45, 7) is 3.77. The molecule has 0 aliphatic carbocycles. The molecule has 0 bridgehead atoms. The zero-order valence-electron chi connectivity index (χ0n) is 12.6. The van der Waals surface area contributed by atoms with Crippen molar-refractivity contribution in [1.82, 2.24) is 5.32 Å². The van der Waals surface area contributed by atoms with Gasteiger partial charge in [-0.2, -0.15) is 0 Å². The molecule has 0 saturated carbocycles. The molecule has 0 amide bonds. The number of nitrogens with zero attached hydrogens (tertiary/aromatic N) is 1. The maximum Gasteiger partial charge on any atom is 0.255 e. The van der Waals surface area contributed by atoms with Gasteiger partial charge in [0, 0.05) is 32.4 Å². The minimum Gasteiger partial charge on any atom is -0.395 e. The van der Waals surface area contributed by atoms with E-state index in [-0.39, 0.29) is 19.7 Å². The topological polar surface area (TPSA) is 44.7 Å². The van der Waals surface area contributed by atoms with E-state index < -0.39 is 6.43 Å². The van der Waals surface area contributed by atoms with Gasteiger partial charge >= 0.3 is 0 Å². The minimum atomic E-state index is -2.42. The summed E-state index contributed by atoms with van der Waals surface area (Å²) in [6.07, 6.45) is -2.42. The summed E-state index contributed by atoms with van der Waals surface area (Å²) in [4.78, 5) is 1.50. The molecule has 0 aliphatic rings. The molecule has 0 unspecified atom stereocenters. The van der Waals surface area contributed by atoms with Crippen LogP contribution in [0.3, 0.4) is 0 Å².